The van der Waals surface area contributed by atoms with Crippen LogP contribution in [0.4, 0.5) is 5.82 Å². The first-order valence-corrected chi connectivity index (χ1v) is 11.2. The van der Waals surface area contributed by atoms with Crippen molar-refractivity contribution in [2.24, 2.45) is 4.99 Å². The number of hydrogen-bond donors (Lipinski definition) is 0. The molecule has 0 unspecified atom stereocenters. The summed E-state index contributed by atoms with van der Waals surface area (Å²) in [7, 11) is 1.73. The van der Waals surface area contributed by atoms with Gasteiger partial charge in [-0.3, -0.25) is 0 Å². The molecule has 160 valence electrons. The largest absolute Gasteiger partial charge is 0.380 e. The lowest BCUT2D eigenvalue weighted by Crippen LogP contribution is -2.01. The second-order valence-electron chi connectivity index (χ2n) is 8.57. The normalized spacial score (nSPS) is 14.2. The van der Waals surface area contributed by atoms with Gasteiger partial charge in [-0.15, -0.1) is 0 Å². The van der Waals surface area contributed by atoms with Crippen molar-refractivity contribution in [2.45, 2.75) is 52.6 Å². The molecule has 4 heteroatoms. The number of pyridine rings is 1. The van der Waals surface area contributed by atoms with Crippen molar-refractivity contribution in [3.8, 4) is 11.3 Å². The molecular weight excluding hydrogens is 404 g/mol. The van der Waals surface area contributed by atoms with Gasteiger partial charge in [0.1, 0.15) is 0 Å². The van der Waals surface area contributed by atoms with Crippen LogP contribution in [0.25, 0.3) is 11.3 Å². The third kappa shape index (κ3) is 5.23. The van der Waals surface area contributed by atoms with Crippen LogP contribution in [0.3, 0.4) is 0 Å². The van der Waals surface area contributed by atoms with E-state index in [2.05, 4.69) is 56.3 Å². The Morgan fingerprint density at radius 1 is 1.06 bits per heavy atom. The number of hydrogen-bond acceptors (Lipinski definition) is 3. The maximum absolute atomic E-state index is 6.56. The second-order valence-corrected chi connectivity index (χ2v) is 8.98. The van der Waals surface area contributed by atoms with Crippen LogP contribution in [-0.2, 0) is 17.8 Å². The van der Waals surface area contributed by atoms with Crippen LogP contribution < -0.4 is 0 Å². The van der Waals surface area contributed by atoms with E-state index in [0.29, 0.717) is 11.6 Å². The SMILES string of the molecule is COCc1cc(CC(C)=Nc2nc(-c3ccc(C4CC4)cc3)c(Cl)cc2C)ccc1C. The van der Waals surface area contributed by atoms with Crippen LogP contribution in [0.15, 0.2) is 53.5 Å². The van der Waals surface area contributed by atoms with Gasteiger partial charge in [0.25, 0.3) is 0 Å². The van der Waals surface area contributed by atoms with Crippen LogP contribution in [0.5, 0.6) is 0 Å². The lowest BCUT2D eigenvalue weighted by molar-refractivity contribution is 0.184. The molecule has 1 heterocycles. The summed E-state index contributed by atoms with van der Waals surface area (Å²) in [5.41, 5.74) is 8.91. The molecule has 0 spiro atoms. The first-order valence-electron chi connectivity index (χ1n) is 10.8. The zero-order valence-corrected chi connectivity index (χ0v) is 19.5. The van der Waals surface area contributed by atoms with Gasteiger partial charge in [0, 0.05) is 24.8 Å². The summed E-state index contributed by atoms with van der Waals surface area (Å²) < 4.78 is 5.32. The van der Waals surface area contributed by atoms with E-state index in [4.69, 9.17) is 26.3 Å². The molecule has 1 fully saturated rings. The molecule has 1 aliphatic rings. The molecule has 0 atom stereocenters. The molecule has 0 N–H and O–H groups in total. The molecule has 0 amide bonds. The van der Waals surface area contributed by atoms with Crippen LogP contribution in [-0.4, -0.2) is 17.8 Å². The minimum atomic E-state index is 0.622. The summed E-state index contributed by atoms with van der Waals surface area (Å²) in [6.07, 6.45) is 3.37. The van der Waals surface area contributed by atoms with E-state index in [1.165, 1.54) is 35.1 Å². The van der Waals surface area contributed by atoms with Crippen molar-refractivity contribution in [3.05, 3.63) is 81.4 Å². The Morgan fingerprint density at radius 2 is 1.81 bits per heavy atom. The number of methoxy groups -OCH3 is 1. The number of aryl methyl sites for hydroxylation is 2. The number of rotatable bonds is 7. The Labute approximate surface area is 190 Å². The lowest BCUT2D eigenvalue weighted by atomic mass is 10.0. The van der Waals surface area contributed by atoms with E-state index >= 15 is 0 Å². The van der Waals surface area contributed by atoms with E-state index in [1.54, 1.807) is 7.11 Å². The van der Waals surface area contributed by atoms with Gasteiger partial charge in [-0.2, -0.15) is 0 Å². The van der Waals surface area contributed by atoms with Crippen LogP contribution in [0.1, 0.15) is 53.5 Å². The minimum Gasteiger partial charge on any atom is -0.380 e. The number of aromatic nitrogens is 1. The maximum Gasteiger partial charge on any atom is 0.155 e. The van der Waals surface area contributed by atoms with Gasteiger partial charge in [-0.25, -0.2) is 9.98 Å². The van der Waals surface area contributed by atoms with Gasteiger partial charge < -0.3 is 4.74 Å². The zero-order chi connectivity index (χ0) is 22.0. The molecular formula is C27H29ClN2O. The topological polar surface area (TPSA) is 34.5 Å². The Hall–Kier alpha value is -2.49. The Balaban J connectivity index is 1.59. The predicted molar refractivity (Wildman–Crippen MR) is 130 cm³/mol. The molecule has 1 saturated carbocycles. The standard InChI is InChI=1S/C27H29ClN2O/c1-17-5-6-20(15-24(17)16-31-4)14-19(3)29-27-18(2)13-25(28)26(30-27)23-11-9-22(10-12-23)21-7-8-21/h5-6,9-13,15,21H,7-8,14,16H2,1-4H3. The van der Waals surface area contributed by atoms with E-state index in [9.17, 15) is 0 Å². The third-order valence-electron chi connectivity index (χ3n) is 5.84. The van der Waals surface area contributed by atoms with Crippen molar-refractivity contribution < 1.29 is 4.74 Å². The number of ether oxygens (including phenoxy) is 1. The third-order valence-corrected chi connectivity index (χ3v) is 6.13. The highest BCUT2D eigenvalue weighted by Crippen LogP contribution is 2.41. The predicted octanol–water partition coefficient (Wildman–Crippen LogP) is 7.38. The quantitative estimate of drug-likeness (QED) is 0.365. The van der Waals surface area contributed by atoms with Crippen LogP contribution in [0.2, 0.25) is 5.02 Å². The summed E-state index contributed by atoms with van der Waals surface area (Å²) in [4.78, 5) is 9.69. The van der Waals surface area contributed by atoms with Crippen LogP contribution >= 0.6 is 11.6 Å². The van der Waals surface area contributed by atoms with Gasteiger partial charge in [-0.05, 0) is 73.4 Å². The minimum absolute atomic E-state index is 0.622. The molecule has 1 aliphatic carbocycles. The average Bonchev–Trinajstić information content (AvgIpc) is 3.58. The van der Waals surface area contributed by atoms with E-state index in [-0.39, 0.29) is 0 Å². The molecule has 2 aromatic carbocycles. The fourth-order valence-corrected chi connectivity index (χ4v) is 4.19. The van der Waals surface area contributed by atoms with Crippen molar-refractivity contribution in [1.29, 1.82) is 0 Å². The molecule has 31 heavy (non-hydrogen) atoms. The molecule has 0 aliphatic heterocycles. The molecule has 4 rings (SSSR count). The highest BCUT2D eigenvalue weighted by molar-refractivity contribution is 6.33. The van der Waals surface area contributed by atoms with Gasteiger partial charge in [0.05, 0.1) is 17.3 Å². The number of halogens is 1. The monoisotopic (exact) mass is 432 g/mol. The first-order chi connectivity index (χ1) is 14.9. The smallest absolute Gasteiger partial charge is 0.155 e. The van der Waals surface area contributed by atoms with E-state index in [0.717, 1.165) is 40.7 Å². The van der Waals surface area contributed by atoms with Crippen molar-refractivity contribution >= 4 is 23.1 Å². The summed E-state index contributed by atoms with van der Waals surface area (Å²) in [6, 6.07) is 17.1. The molecule has 0 radical (unpaired) electrons. The molecule has 3 aromatic rings. The van der Waals surface area contributed by atoms with Gasteiger partial charge in [0.15, 0.2) is 5.82 Å². The number of aliphatic imine (C=N–C) groups is 1. The molecule has 1 aromatic heterocycles. The summed E-state index contributed by atoms with van der Waals surface area (Å²) in [5.74, 6) is 1.47. The Kier molecular flexibility index (Phi) is 6.54. The van der Waals surface area contributed by atoms with Gasteiger partial charge in [0.2, 0.25) is 0 Å². The molecule has 0 bridgehead atoms. The molecule has 0 saturated heterocycles. The maximum atomic E-state index is 6.56. The van der Waals surface area contributed by atoms with Gasteiger partial charge >= 0.3 is 0 Å². The fraction of sp³-hybridized carbons (Fsp3) is 0.333. The highest BCUT2D eigenvalue weighted by atomic mass is 35.5. The van der Waals surface area contributed by atoms with Crippen LogP contribution in [0, 0.1) is 13.8 Å². The average molecular weight is 433 g/mol. The summed E-state index contributed by atoms with van der Waals surface area (Å²) in [5, 5.41) is 0.663. The Morgan fingerprint density at radius 3 is 2.48 bits per heavy atom. The second kappa shape index (κ2) is 9.33. The van der Waals surface area contributed by atoms with E-state index < -0.39 is 0 Å². The number of nitrogens with zero attached hydrogens (tertiary/aromatic N) is 2. The van der Waals surface area contributed by atoms with Crippen molar-refractivity contribution in [3.63, 3.8) is 0 Å². The van der Waals surface area contributed by atoms with E-state index in [1.807, 2.05) is 13.0 Å². The fourth-order valence-electron chi connectivity index (χ4n) is 3.88. The zero-order valence-electron chi connectivity index (χ0n) is 18.7. The number of benzene rings is 2. The van der Waals surface area contributed by atoms with Crippen molar-refractivity contribution in [1.82, 2.24) is 4.98 Å². The molecule has 3 nitrogen and oxygen atoms in total. The summed E-state index contributed by atoms with van der Waals surface area (Å²) >= 11 is 6.56. The lowest BCUT2D eigenvalue weighted by Gasteiger charge is -2.10. The Bertz CT molecular complexity index is 1110. The summed E-state index contributed by atoms with van der Waals surface area (Å²) in [6.45, 7) is 6.79. The highest BCUT2D eigenvalue weighted by Gasteiger charge is 2.23. The van der Waals surface area contributed by atoms with Gasteiger partial charge in [-0.1, -0.05) is 54.1 Å². The van der Waals surface area contributed by atoms with Crippen molar-refractivity contribution in [2.75, 3.05) is 7.11 Å². The first kappa shape index (κ1) is 21.7.